The highest BCUT2D eigenvalue weighted by Crippen LogP contribution is 2.41. The van der Waals surface area contributed by atoms with Crippen LogP contribution in [-0.2, 0) is 9.53 Å². The summed E-state index contributed by atoms with van der Waals surface area (Å²) in [6.07, 6.45) is -1.11. The Bertz CT molecular complexity index is 337. The van der Waals surface area contributed by atoms with Gasteiger partial charge < -0.3 is 4.74 Å². The van der Waals surface area contributed by atoms with Gasteiger partial charge in [-0.15, -0.1) is 0 Å². The van der Waals surface area contributed by atoms with Crippen molar-refractivity contribution in [2.24, 2.45) is 5.92 Å². The Kier molecular flexibility index (Phi) is 2.44. The van der Waals surface area contributed by atoms with Gasteiger partial charge in [-0.1, -0.05) is 0 Å². The SMILES string of the molecule is CC(C)(C)OC(=O)N1C(=O)[C@@H]2C[C@@H](F)[C@H]1C2. The quantitative estimate of drug-likeness (QED) is 0.637. The van der Waals surface area contributed by atoms with E-state index in [1.54, 1.807) is 20.8 Å². The highest BCUT2D eigenvalue weighted by molar-refractivity contribution is 5.96. The lowest BCUT2D eigenvalue weighted by atomic mass is 10.1. The average Bonchev–Trinajstić information content (AvgIpc) is 2.57. The van der Waals surface area contributed by atoms with Crippen molar-refractivity contribution in [3.63, 3.8) is 0 Å². The number of halogens is 1. The molecule has 5 heteroatoms. The van der Waals surface area contributed by atoms with E-state index in [1.165, 1.54) is 0 Å². The van der Waals surface area contributed by atoms with Crippen LogP contribution in [-0.4, -0.2) is 34.7 Å². The Hall–Kier alpha value is -1.13. The molecule has 0 unspecified atom stereocenters. The molecule has 2 bridgehead atoms. The fourth-order valence-electron chi connectivity index (χ4n) is 2.33. The highest BCUT2D eigenvalue weighted by atomic mass is 19.1. The number of carbonyl (C=O) groups is 2. The lowest BCUT2D eigenvalue weighted by Gasteiger charge is -2.30. The minimum atomic E-state index is -1.09. The van der Waals surface area contributed by atoms with Crippen LogP contribution in [0.15, 0.2) is 0 Å². The van der Waals surface area contributed by atoms with Crippen molar-refractivity contribution in [3.8, 4) is 0 Å². The molecule has 0 aromatic carbocycles. The van der Waals surface area contributed by atoms with E-state index in [1.807, 2.05) is 0 Å². The fourth-order valence-corrected chi connectivity index (χ4v) is 2.33. The van der Waals surface area contributed by atoms with Gasteiger partial charge in [0.05, 0.1) is 6.04 Å². The molecule has 2 aliphatic rings. The molecule has 1 aliphatic heterocycles. The topological polar surface area (TPSA) is 46.6 Å². The Morgan fingerprint density at radius 1 is 1.44 bits per heavy atom. The average molecular weight is 229 g/mol. The van der Waals surface area contributed by atoms with Crippen LogP contribution in [0.3, 0.4) is 0 Å². The molecule has 0 aromatic rings. The number of piperidine rings is 1. The van der Waals surface area contributed by atoms with Crippen LogP contribution in [0.4, 0.5) is 9.18 Å². The molecule has 90 valence electrons. The summed E-state index contributed by atoms with van der Waals surface area (Å²) >= 11 is 0. The lowest BCUT2D eigenvalue weighted by Crippen LogP contribution is -2.48. The molecule has 2 rings (SSSR count). The van der Waals surface area contributed by atoms with Crippen LogP contribution in [0, 0.1) is 5.92 Å². The molecule has 1 saturated carbocycles. The second-order valence-electron chi connectivity index (χ2n) is 5.44. The van der Waals surface area contributed by atoms with E-state index in [-0.39, 0.29) is 18.2 Å². The zero-order chi connectivity index (χ0) is 12.1. The molecule has 1 heterocycles. The lowest BCUT2D eigenvalue weighted by molar-refractivity contribution is -0.134. The number of imide groups is 1. The van der Waals surface area contributed by atoms with E-state index in [2.05, 4.69) is 0 Å². The van der Waals surface area contributed by atoms with Gasteiger partial charge in [-0.25, -0.2) is 14.1 Å². The first-order chi connectivity index (χ1) is 7.29. The number of rotatable bonds is 0. The van der Waals surface area contributed by atoms with E-state index < -0.39 is 23.9 Å². The molecule has 0 radical (unpaired) electrons. The van der Waals surface area contributed by atoms with Gasteiger partial charge in [0.1, 0.15) is 11.8 Å². The standard InChI is InChI=1S/C11H16FNO3/c1-11(2,3)16-10(15)13-8-5-6(9(13)14)4-7(8)12/h6-8H,4-5H2,1-3H3/t6-,7-,8-/m1/s1. The van der Waals surface area contributed by atoms with Gasteiger partial charge in [0, 0.05) is 5.92 Å². The maximum atomic E-state index is 13.4. The van der Waals surface area contributed by atoms with Crippen molar-refractivity contribution in [1.29, 1.82) is 0 Å². The minimum Gasteiger partial charge on any atom is -0.443 e. The largest absolute Gasteiger partial charge is 0.443 e. The molecule has 1 saturated heterocycles. The molecule has 0 spiro atoms. The number of hydrogen-bond donors (Lipinski definition) is 0. The number of nitrogens with zero attached hydrogens (tertiary/aromatic N) is 1. The number of carbonyl (C=O) groups excluding carboxylic acids is 2. The van der Waals surface area contributed by atoms with Gasteiger partial charge in [0.25, 0.3) is 0 Å². The molecule has 3 atom stereocenters. The van der Waals surface area contributed by atoms with E-state index in [9.17, 15) is 14.0 Å². The van der Waals surface area contributed by atoms with Crippen LogP contribution in [0.2, 0.25) is 0 Å². The Morgan fingerprint density at radius 2 is 2.06 bits per heavy atom. The molecule has 0 aromatic heterocycles. The predicted octanol–water partition coefficient (Wildman–Crippen LogP) is 1.88. The summed E-state index contributed by atoms with van der Waals surface area (Å²) in [6, 6.07) is -0.604. The Labute approximate surface area is 93.7 Å². The van der Waals surface area contributed by atoms with Crippen LogP contribution < -0.4 is 0 Å². The third kappa shape index (κ3) is 1.79. The van der Waals surface area contributed by atoms with Crippen LogP contribution >= 0.6 is 0 Å². The number of amides is 2. The van der Waals surface area contributed by atoms with E-state index in [0.717, 1.165) is 4.90 Å². The van der Waals surface area contributed by atoms with Crippen molar-refractivity contribution >= 4 is 12.0 Å². The fraction of sp³-hybridized carbons (Fsp3) is 0.818. The summed E-state index contributed by atoms with van der Waals surface area (Å²) in [7, 11) is 0. The number of hydrogen-bond acceptors (Lipinski definition) is 3. The van der Waals surface area contributed by atoms with Crippen molar-refractivity contribution < 1.29 is 18.7 Å². The van der Waals surface area contributed by atoms with Gasteiger partial charge >= 0.3 is 6.09 Å². The first-order valence-electron chi connectivity index (χ1n) is 5.50. The summed E-state index contributed by atoms with van der Waals surface area (Å²) in [5, 5.41) is 0. The van der Waals surface area contributed by atoms with Gasteiger partial charge in [-0.05, 0) is 33.6 Å². The smallest absolute Gasteiger partial charge is 0.417 e. The second kappa shape index (κ2) is 3.43. The van der Waals surface area contributed by atoms with Gasteiger partial charge in [-0.3, -0.25) is 4.79 Å². The van der Waals surface area contributed by atoms with E-state index in [0.29, 0.717) is 6.42 Å². The zero-order valence-corrected chi connectivity index (χ0v) is 9.70. The number of fused-ring (bicyclic) bond motifs is 2. The number of likely N-dealkylation sites (tertiary alicyclic amines) is 1. The molecule has 1 aliphatic carbocycles. The Balaban J connectivity index is 2.10. The van der Waals surface area contributed by atoms with Gasteiger partial charge in [0.2, 0.25) is 5.91 Å². The second-order valence-corrected chi connectivity index (χ2v) is 5.44. The third-order valence-corrected chi connectivity index (χ3v) is 2.96. The van der Waals surface area contributed by atoms with Gasteiger partial charge in [0.15, 0.2) is 0 Å². The summed E-state index contributed by atoms with van der Waals surface area (Å²) in [5.74, 6) is -0.610. The van der Waals surface area contributed by atoms with Crippen LogP contribution in [0.25, 0.3) is 0 Å². The molecule has 16 heavy (non-hydrogen) atoms. The van der Waals surface area contributed by atoms with E-state index in [4.69, 9.17) is 4.74 Å². The monoisotopic (exact) mass is 229 g/mol. The van der Waals surface area contributed by atoms with Crippen molar-refractivity contribution in [1.82, 2.24) is 4.90 Å². The molecular formula is C11H16FNO3. The van der Waals surface area contributed by atoms with Gasteiger partial charge in [-0.2, -0.15) is 0 Å². The van der Waals surface area contributed by atoms with Crippen molar-refractivity contribution in [2.75, 3.05) is 0 Å². The predicted molar refractivity (Wildman–Crippen MR) is 54.5 cm³/mol. The summed E-state index contributed by atoms with van der Waals surface area (Å²) in [4.78, 5) is 24.4. The number of ether oxygens (including phenoxy) is 1. The maximum Gasteiger partial charge on any atom is 0.417 e. The van der Waals surface area contributed by atoms with Crippen molar-refractivity contribution in [3.05, 3.63) is 0 Å². The Morgan fingerprint density at radius 3 is 2.56 bits per heavy atom. The highest BCUT2D eigenvalue weighted by Gasteiger charge is 2.54. The summed E-state index contributed by atoms with van der Waals surface area (Å²) < 4.78 is 18.5. The summed E-state index contributed by atoms with van der Waals surface area (Å²) in [6.45, 7) is 5.16. The molecule has 4 nitrogen and oxygen atoms in total. The molecule has 2 fully saturated rings. The number of alkyl halides is 1. The third-order valence-electron chi connectivity index (χ3n) is 2.96. The van der Waals surface area contributed by atoms with E-state index >= 15 is 0 Å². The van der Waals surface area contributed by atoms with Crippen LogP contribution in [0.5, 0.6) is 0 Å². The first-order valence-corrected chi connectivity index (χ1v) is 5.50. The van der Waals surface area contributed by atoms with Crippen LogP contribution in [0.1, 0.15) is 33.6 Å². The molecular weight excluding hydrogens is 213 g/mol. The van der Waals surface area contributed by atoms with Crippen molar-refractivity contribution in [2.45, 2.75) is 51.4 Å². The molecule has 0 N–H and O–H groups in total. The normalized spacial score (nSPS) is 33.4. The zero-order valence-electron chi connectivity index (χ0n) is 9.70. The first kappa shape index (κ1) is 11.4. The summed E-state index contributed by atoms with van der Waals surface area (Å²) in [5.41, 5.74) is -0.662. The minimum absolute atomic E-state index is 0.253. The molecule has 2 amide bonds. The maximum absolute atomic E-state index is 13.4.